The molecule has 40 heavy (non-hydrogen) atoms. The molecular weight excluding hydrogens is 498 g/mol. The number of hydrogen-bond acceptors (Lipinski definition) is 3. The number of nitrogens with zero attached hydrogens (tertiary/aromatic N) is 2. The van der Waals surface area contributed by atoms with Crippen LogP contribution < -0.4 is 5.32 Å². The molecule has 0 aromatic heterocycles. The Labute approximate surface area is 237 Å². The van der Waals surface area contributed by atoms with Crippen molar-refractivity contribution in [3.05, 3.63) is 101 Å². The predicted octanol–water partition coefficient (Wildman–Crippen LogP) is 6.49. The minimum Gasteiger partial charge on any atom is -0.336 e. The summed E-state index contributed by atoms with van der Waals surface area (Å²) in [5.41, 5.74) is 3.09. The molecule has 6 heteroatoms. The zero-order valence-corrected chi connectivity index (χ0v) is 23.5. The normalized spacial score (nSPS) is 19.4. The van der Waals surface area contributed by atoms with Gasteiger partial charge in [0.1, 0.15) is 0 Å². The molecule has 0 unspecified atom stereocenters. The topological polar surface area (TPSA) is 69.7 Å². The zero-order chi connectivity index (χ0) is 28.1. The molecule has 2 saturated heterocycles. The van der Waals surface area contributed by atoms with E-state index in [4.69, 9.17) is 0 Å². The van der Waals surface area contributed by atoms with Crippen LogP contribution in [0.25, 0.3) is 0 Å². The molecule has 2 aliphatic heterocycles. The summed E-state index contributed by atoms with van der Waals surface area (Å²) in [5, 5.41) is 3.08. The van der Waals surface area contributed by atoms with Gasteiger partial charge in [-0.1, -0.05) is 60.7 Å². The van der Waals surface area contributed by atoms with Gasteiger partial charge < -0.3 is 15.1 Å². The summed E-state index contributed by atoms with van der Waals surface area (Å²) in [6.07, 6.45) is 6.10. The van der Waals surface area contributed by atoms with E-state index in [-0.39, 0.29) is 29.8 Å². The summed E-state index contributed by atoms with van der Waals surface area (Å²) in [4.78, 5) is 45.1. The second-order valence-corrected chi connectivity index (χ2v) is 11.2. The Morgan fingerprint density at radius 1 is 0.675 bits per heavy atom. The molecule has 2 heterocycles. The zero-order valence-electron chi connectivity index (χ0n) is 23.5. The number of piperidine rings is 2. The predicted molar refractivity (Wildman–Crippen MR) is 158 cm³/mol. The Kier molecular flexibility index (Phi) is 8.63. The molecule has 1 N–H and O–H groups in total. The minimum atomic E-state index is -0.537. The van der Waals surface area contributed by atoms with Gasteiger partial charge in [-0.2, -0.15) is 0 Å². The van der Waals surface area contributed by atoms with Crippen LogP contribution in [0, 0.1) is 0 Å². The van der Waals surface area contributed by atoms with Crippen molar-refractivity contribution >= 4 is 23.4 Å². The monoisotopic (exact) mass is 537 g/mol. The number of amides is 3. The summed E-state index contributed by atoms with van der Waals surface area (Å²) < 4.78 is 0. The van der Waals surface area contributed by atoms with Gasteiger partial charge in [-0.15, -0.1) is 0 Å². The van der Waals surface area contributed by atoms with Crippen LogP contribution in [0.3, 0.4) is 0 Å². The molecule has 3 amide bonds. The van der Waals surface area contributed by atoms with Crippen LogP contribution >= 0.6 is 0 Å². The fourth-order valence-corrected chi connectivity index (χ4v) is 6.08. The number of carbonyl (C=O) groups is 3. The van der Waals surface area contributed by atoms with Crippen molar-refractivity contribution in [2.24, 2.45) is 0 Å². The van der Waals surface area contributed by atoms with Gasteiger partial charge in [-0.25, -0.2) is 0 Å². The molecule has 3 aromatic rings. The smallest absolute Gasteiger partial charge is 0.254 e. The maximum Gasteiger partial charge on any atom is 0.254 e. The molecule has 3 aromatic carbocycles. The van der Waals surface area contributed by atoms with E-state index in [1.807, 2.05) is 70.5 Å². The van der Waals surface area contributed by atoms with Gasteiger partial charge in [0.15, 0.2) is 0 Å². The summed E-state index contributed by atoms with van der Waals surface area (Å²) in [7, 11) is 0. The van der Waals surface area contributed by atoms with Crippen molar-refractivity contribution in [1.82, 2.24) is 9.80 Å². The Balaban J connectivity index is 1.51. The molecule has 5 rings (SSSR count). The van der Waals surface area contributed by atoms with Crippen molar-refractivity contribution in [2.75, 3.05) is 18.4 Å². The van der Waals surface area contributed by atoms with Gasteiger partial charge in [0.25, 0.3) is 11.8 Å². The third kappa shape index (κ3) is 6.11. The molecule has 2 atom stereocenters. The van der Waals surface area contributed by atoms with Gasteiger partial charge >= 0.3 is 0 Å². The number of carbonyl (C=O) groups excluding carboxylic acids is 3. The number of rotatable bonds is 6. The summed E-state index contributed by atoms with van der Waals surface area (Å²) in [6.45, 7) is 5.56. The first-order chi connectivity index (χ1) is 19.4. The SMILES string of the molecule is C[C@@H]1CCCCN1C(=O)c1cc(NC(=O)C(c2ccccc2)c2ccccc2)cc(C(=O)N2CCCC[C@H]2C)c1. The highest BCUT2D eigenvalue weighted by atomic mass is 16.2. The lowest BCUT2D eigenvalue weighted by atomic mass is 9.90. The lowest BCUT2D eigenvalue weighted by Crippen LogP contribution is -2.43. The van der Waals surface area contributed by atoms with Gasteiger partial charge in [-0.05, 0) is 81.7 Å². The Morgan fingerprint density at radius 2 is 1.12 bits per heavy atom. The van der Waals surface area contributed by atoms with Gasteiger partial charge in [-0.3, -0.25) is 14.4 Å². The van der Waals surface area contributed by atoms with Crippen molar-refractivity contribution in [3.8, 4) is 0 Å². The highest BCUT2D eigenvalue weighted by Crippen LogP contribution is 2.29. The van der Waals surface area contributed by atoms with E-state index in [0.717, 1.165) is 49.7 Å². The van der Waals surface area contributed by atoms with Crippen LogP contribution in [-0.4, -0.2) is 52.7 Å². The second kappa shape index (κ2) is 12.5. The van der Waals surface area contributed by atoms with Crippen LogP contribution in [0.15, 0.2) is 78.9 Å². The quantitative estimate of drug-likeness (QED) is 0.391. The molecule has 0 spiro atoms. The molecule has 6 nitrogen and oxygen atoms in total. The van der Waals surface area contributed by atoms with Gasteiger partial charge in [0.2, 0.25) is 5.91 Å². The van der Waals surface area contributed by atoms with Crippen LogP contribution in [-0.2, 0) is 4.79 Å². The first-order valence-electron chi connectivity index (χ1n) is 14.6. The molecule has 0 bridgehead atoms. The van der Waals surface area contributed by atoms with E-state index in [1.165, 1.54) is 0 Å². The largest absolute Gasteiger partial charge is 0.336 e. The lowest BCUT2D eigenvalue weighted by Gasteiger charge is -2.34. The number of anilines is 1. The van der Waals surface area contributed by atoms with Gasteiger partial charge in [0.05, 0.1) is 5.92 Å². The summed E-state index contributed by atoms with van der Waals surface area (Å²) in [5.74, 6) is -0.929. The van der Waals surface area contributed by atoms with Gasteiger partial charge in [0, 0.05) is 42.0 Å². The highest BCUT2D eigenvalue weighted by molar-refractivity contribution is 6.04. The van der Waals surface area contributed by atoms with E-state index in [0.29, 0.717) is 29.9 Å². The first-order valence-corrected chi connectivity index (χ1v) is 14.6. The molecule has 2 fully saturated rings. The lowest BCUT2D eigenvalue weighted by molar-refractivity contribution is -0.116. The second-order valence-electron chi connectivity index (χ2n) is 11.2. The first kappa shape index (κ1) is 27.6. The molecule has 0 saturated carbocycles. The number of benzene rings is 3. The van der Waals surface area contributed by atoms with E-state index in [2.05, 4.69) is 19.2 Å². The average molecular weight is 538 g/mol. The molecule has 208 valence electrons. The van der Waals surface area contributed by atoms with E-state index < -0.39 is 5.92 Å². The maximum absolute atomic E-state index is 13.9. The maximum atomic E-state index is 13.9. The van der Waals surface area contributed by atoms with Crippen LogP contribution in [0.4, 0.5) is 5.69 Å². The van der Waals surface area contributed by atoms with Crippen LogP contribution in [0.2, 0.25) is 0 Å². The standard InChI is InChI=1S/C34H39N3O3/c1-24-13-9-11-19-36(24)33(39)28-21-29(34(40)37-20-12-10-14-25(37)2)23-30(22-28)35-32(38)31(26-15-5-3-6-16-26)27-17-7-4-8-18-27/h3-8,15-18,21-25,31H,9-14,19-20H2,1-2H3,(H,35,38)/t24-,25-/m1/s1. The summed E-state index contributed by atoms with van der Waals surface area (Å²) >= 11 is 0. The van der Waals surface area contributed by atoms with E-state index in [1.54, 1.807) is 18.2 Å². The number of hydrogen-bond donors (Lipinski definition) is 1. The van der Waals surface area contributed by atoms with Crippen LogP contribution in [0.5, 0.6) is 0 Å². The number of nitrogens with one attached hydrogen (secondary N) is 1. The Morgan fingerprint density at radius 3 is 1.55 bits per heavy atom. The highest BCUT2D eigenvalue weighted by Gasteiger charge is 2.29. The van der Waals surface area contributed by atoms with Crippen LogP contribution in [0.1, 0.15) is 90.1 Å². The fraction of sp³-hybridized carbons (Fsp3) is 0.382. The Hall–Kier alpha value is -3.93. The summed E-state index contributed by atoms with van der Waals surface area (Å²) in [6, 6.07) is 24.8. The molecule has 2 aliphatic rings. The third-order valence-corrected chi connectivity index (χ3v) is 8.35. The van der Waals surface area contributed by atoms with Crippen molar-refractivity contribution in [2.45, 2.75) is 70.4 Å². The van der Waals surface area contributed by atoms with Crippen molar-refractivity contribution < 1.29 is 14.4 Å². The van der Waals surface area contributed by atoms with Crippen molar-refractivity contribution in [1.29, 1.82) is 0 Å². The molecule has 0 radical (unpaired) electrons. The average Bonchev–Trinajstić information content (AvgIpc) is 2.98. The number of likely N-dealkylation sites (tertiary alicyclic amines) is 2. The minimum absolute atomic E-state index is 0.0910. The Bertz CT molecular complexity index is 1250. The van der Waals surface area contributed by atoms with Crippen molar-refractivity contribution in [3.63, 3.8) is 0 Å². The third-order valence-electron chi connectivity index (χ3n) is 8.35. The van der Waals surface area contributed by atoms with E-state index >= 15 is 0 Å². The molecular formula is C34H39N3O3. The van der Waals surface area contributed by atoms with E-state index in [9.17, 15) is 14.4 Å². The fourth-order valence-electron chi connectivity index (χ4n) is 6.08. The molecule has 0 aliphatic carbocycles.